The van der Waals surface area contributed by atoms with Crippen molar-refractivity contribution in [2.24, 2.45) is 0 Å². The second-order valence-electron chi connectivity index (χ2n) is 5.34. The number of ether oxygens (including phenoxy) is 1. The third-order valence-corrected chi connectivity index (χ3v) is 3.85. The highest BCUT2D eigenvalue weighted by atomic mass is 16.5. The zero-order chi connectivity index (χ0) is 15.4. The lowest BCUT2D eigenvalue weighted by Crippen LogP contribution is -2.45. The fourth-order valence-corrected chi connectivity index (χ4v) is 2.53. The molecule has 1 fully saturated rings. The molecule has 22 heavy (non-hydrogen) atoms. The van der Waals surface area contributed by atoms with Gasteiger partial charge in [0.05, 0.1) is 24.8 Å². The number of morpholine rings is 1. The van der Waals surface area contributed by atoms with Crippen molar-refractivity contribution in [3.8, 4) is 5.69 Å². The minimum absolute atomic E-state index is 0.150. The molecule has 0 unspecified atom stereocenters. The van der Waals surface area contributed by atoms with E-state index in [1.54, 1.807) is 11.0 Å². The van der Waals surface area contributed by atoms with Crippen molar-refractivity contribution in [3.05, 3.63) is 36.2 Å². The molecule has 1 saturated heterocycles. The summed E-state index contributed by atoms with van der Waals surface area (Å²) in [7, 11) is 0. The first-order chi connectivity index (χ1) is 10.8. The summed E-state index contributed by atoms with van der Waals surface area (Å²) in [6, 6.07) is 7.69. The van der Waals surface area contributed by atoms with Crippen molar-refractivity contribution in [3.63, 3.8) is 0 Å². The van der Waals surface area contributed by atoms with Crippen molar-refractivity contribution < 1.29 is 9.53 Å². The molecule has 7 nitrogen and oxygen atoms in total. The molecule has 2 heterocycles. The van der Waals surface area contributed by atoms with E-state index < -0.39 is 0 Å². The highest BCUT2D eigenvalue weighted by molar-refractivity contribution is 5.79. The molecule has 0 aliphatic carbocycles. The zero-order valence-corrected chi connectivity index (χ0v) is 12.6. The molecule has 0 radical (unpaired) electrons. The fraction of sp³-hybridized carbons (Fsp3) is 0.467. The van der Waals surface area contributed by atoms with E-state index in [1.165, 1.54) is 0 Å². The Bertz CT molecular complexity index is 611. The smallest absolute Gasteiger partial charge is 0.227 e. The van der Waals surface area contributed by atoms with Crippen LogP contribution in [0, 0.1) is 0 Å². The molecule has 1 aromatic heterocycles. The highest BCUT2D eigenvalue weighted by Crippen LogP contribution is 2.12. The second kappa shape index (κ2) is 6.65. The molecule has 3 rings (SSSR count). The largest absolute Gasteiger partial charge is 0.375 e. The molecule has 116 valence electrons. The number of benzene rings is 1. The molecule has 2 aromatic rings. The number of hydrogen-bond acceptors (Lipinski definition) is 5. The summed E-state index contributed by atoms with van der Waals surface area (Å²) in [4.78, 5) is 14.3. The SMILES string of the molecule is CC[C@H]1CN(C(=O)Cc2ccc(-n3cnnn3)cc2)CCO1. The van der Waals surface area contributed by atoms with Gasteiger partial charge in [-0.15, -0.1) is 5.10 Å². The first-order valence-corrected chi connectivity index (χ1v) is 7.48. The van der Waals surface area contributed by atoms with Gasteiger partial charge in [-0.2, -0.15) is 0 Å². The molecular weight excluding hydrogens is 282 g/mol. The molecule has 0 spiro atoms. The van der Waals surface area contributed by atoms with Gasteiger partial charge in [0.2, 0.25) is 5.91 Å². The molecule has 0 bridgehead atoms. The van der Waals surface area contributed by atoms with E-state index >= 15 is 0 Å². The van der Waals surface area contributed by atoms with Crippen molar-refractivity contribution in [2.45, 2.75) is 25.9 Å². The average molecular weight is 301 g/mol. The van der Waals surface area contributed by atoms with Crippen LogP contribution >= 0.6 is 0 Å². The number of nitrogens with zero attached hydrogens (tertiary/aromatic N) is 5. The number of tetrazole rings is 1. The maximum atomic E-state index is 12.4. The molecule has 1 aliphatic heterocycles. The highest BCUT2D eigenvalue weighted by Gasteiger charge is 2.22. The first-order valence-electron chi connectivity index (χ1n) is 7.48. The van der Waals surface area contributed by atoms with E-state index in [-0.39, 0.29) is 12.0 Å². The Morgan fingerprint density at radius 1 is 1.36 bits per heavy atom. The Balaban J connectivity index is 1.62. The van der Waals surface area contributed by atoms with Crippen LogP contribution in [-0.2, 0) is 16.0 Å². The van der Waals surface area contributed by atoms with Crippen molar-refractivity contribution in [1.29, 1.82) is 0 Å². The number of rotatable bonds is 4. The minimum Gasteiger partial charge on any atom is -0.375 e. The number of carbonyl (C=O) groups is 1. The van der Waals surface area contributed by atoms with E-state index in [0.29, 0.717) is 26.1 Å². The Labute approximate surface area is 128 Å². The zero-order valence-electron chi connectivity index (χ0n) is 12.6. The van der Waals surface area contributed by atoms with Gasteiger partial charge in [0.1, 0.15) is 6.33 Å². The standard InChI is InChI=1S/C15H19N5O2/c1-2-14-10-19(7-8-22-14)15(21)9-12-3-5-13(6-4-12)20-11-16-17-18-20/h3-6,11,14H,2,7-10H2,1H3/t14-/m0/s1. The van der Waals surface area contributed by atoms with Gasteiger partial charge in [0, 0.05) is 13.1 Å². The number of aromatic nitrogens is 4. The lowest BCUT2D eigenvalue weighted by atomic mass is 10.1. The second-order valence-corrected chi connectivity index (χ2v) is 5.34. The van der Waals surface area contributed by atoms with Gasteiger partial charge in [-0.1, -0.05) is 19.1 Å². The number of carbonyl (C=O) groups excluding carboxylic acids is 1. The van der Waals surface area contributed by atoms with Crippen LogP contribution in [0.5, 0.6) is 0 Å². The molecule has 0 saturated carbocycles. The predicted octanol–water partition coefficient (Wildman–Crippen LogP) is 0.842. The summed E-state index contributed by atoms with van der Waals surface area (Å²) < 4.78 is 7.18. The average Bonchev–Trinajstić information content (AvgIpc) is 3.10. The lowest BCUT2D eigenvalue weighted by molar-refractivity contribution is -0.138. The Hall–Kier alpha value is -2.28. The van der Waals surface area contributed by atoms with Gasteiger partial charge in [0.25, 0.3) is 0 Å². The van der Waals surface area contributed by atoms with Gasteiger partial charge >= 0.3 is 0 Å². The van der Waals surface area contributed by atoms with Gasteiger partial charge in [0.15, 0.2) is 0 Å². The van der Waals surface area contributed by atoms with Crippen LogP contribution in [0.1, 0.15) is 18.9 Å². The monoisotopic (exact) mass is 301 g/mol. The van der Waals surface area contributed by atoms with Crippen LogP contribution in [0.25, 0.3) is 5.69 Å². The van der Waals surface area contributed by atoms with Gasteiger partial charge in [-0.3, -0.25) is 4.79 Å². The molecule has 7 heteroatoms. The predicted molar refractivity (Wildman–Crippen MR) is 79.5 cm³/mol. The van der Waals surface area contributed by atoms with Crippen LogP contribution in [0.2, 0.25) is 0 Å². The topological polar surface area (TPSA) is 73.1 Å². The quantitative estimate of drug-likeness (QED) is 0.837. The molecule has 1 amide bonds. The number of hydrogen-bond donors (Lipinski definition) is 0. The van der Waals surface area contributed by atoms with Gasteiger partial charge in [-0.05, 0) is 34.5 Å². The van der Waals surface area contributed by atoms with Crippen LogP contribution in [0.3, 0.4) is 0 Å². The van der Waals surface area contributed by atoms with Crippen molar-refractivity contribution in [2.75, 3.05) is 19.7 Å². The van der Waals surface area contributed by atoms with E-state index in [2.05, 4.69) is 22.4 Å². The normalized spacial score (nSPS) is 18.4. The first kappa shape index (κ1) is 14.6. The molecule has 0 N–H and O–H groups in total. The molecular formula is C15H19N5O2. The summed E-state index contributed by atoms with van der Waals surface area (Å²) in [6.45, 7) is 4.08. The van der Waals surface area contributed by atoms with Gasteiger partial charge in [-0.25, -0.2) is 4.68 Å². The summed E-state index contributed by atoms with van der Waals surface area (Å²) in [6.07, 6.45) is 3.05. The van der Waals surface area contributed by atoms with Gasteiger partial charge < -0.3 is 9.64 Å². The van der Waals surface area contributed by atoms with E-state index in [1.807, 2.05) is 29.2 Å². The minimum atomic E-state index is 0.150. The summed E-state index contributed by atoms with van der Waals surface area (Å²) in [5.74, 6) is 0.150. The Morgan fingerprint density at radius 2 is 2.18 bits per heavy atom. The lowest BCUT2D eigenvalue weighted by Gasteiger charge is -2.32. The molecule has 1 atom stereocenters. The molecule has 1 aliphatic rings. The van der Waals surface area contributed by atoms with Crippen LogP contribution in [0.15, 0.2) is 30.6 Å². The van der Waals surface area contributed by atoms with E-state index in [4.69, 9.17) is 4.74 Å². The summed E-state index contributed by atoms with van der Waals surface area (Å²) >= 11 is 0. The fourth-order valence-electron chi connectivity index (χ4n) is 2.53. The molecule has 1 aromatic carbocycles. The summed E-state index contributed by atoms with van der Waals surface area (Å²) in [5.41, 5.74) is 1.86. The van der Waals surface area contributed by atoms with E-state index in [0.717, 1.165) is 17.7 Å². The maximum Gasteiger partial charge on any atom is 0.227 e. The Morgan fingerprint density at radius 3 is 2.86 bits per heavy atom. The van der Waals surface area contributed by atoms with Crippen molar-refractivity contribution in [1.82, 2.24) is 25.1 Å². The third kappa shape index (κ3) is 3.30. The van der Waals surface area contributed by atoms with Crippen LogP contribution in [0.4, 0.5) is 0 Å². The van der Waals surface area contributed by atoms with Crippen molar-refractivity contribution >= 4 is 5.91 Å². The third-order valence-electron chi connectivity index (χ3n) is 3.85. The maximum absolute atomic E-state index is 12.4. The van der Waals surface area contributed by atoms with Crippen LogP contribution in [-0.4, -0.2) is 56.8 Å². The van der Waals surface area contributed by atoms with E-state index in [9.17, 15) is 4.79 Å². The number of amides is 1. The van der Waals surface area contributed by atoms with Crippen LogP contribution < -0.4 is 0 Å². The Kier molecular flexibility index (Phi) is 4.43. The summed E-state index contributed by atoms with van der Waals surface area (Å²) in [5, 5.41) is 11.0.